The van der Waals surface area contributed by atoms with Crippen LogP contribution in [0.25, 0.3) is 5.76 Å². The molecule has 3 heterocycles. The monoisotopic (exact) mass is 397 g/mol. The molecule has 29 heavy (non-hydrogen) atoms. The van der Waals surface area contributed by atoms with E-state index in [2.05, 4.69) is 0 Å². The van der Waals surface area contributed by atoms with Crippen LogP contribution in [0.2, 0.25) is 0 Å². The number of carbonyl (C=O) groups excluding carboxylic acids is 2. The molecule has 0 aliphatic carbocycles. The Morgan fingerprint density at radius 2 is 1.86 bits per heavy atom. The molecule has 2 fully saturated rings. The molecule has 152 valence electrons. The fraction of sp³-hybridized carbons (Fsp3) is 0.364. The summed E-state index contributed by atoms with van der Waals surface area (Å²) in [4.78, 5) is 28.6. The molecule has 1 aromatic carbocycles. The number of morpholine rings is 1. The second kappa shape index (κ2) is 8.23. The molecule has 4 rings (SSSR count). The van der Waals surface area contributed by atoms with Crippen molar-refractivity contribution in [3.8, 4) is 0 Å². The Kier molecular flexibility index (Phi) is 5.51. The van der Waals surface area contributed by atoms with Gasteiger partial charge in [-0.1, -0.05) is 30.3 Å². The van der Waals surface area contributed by atoms with Crippen molar-refractivity contribution in [2.24, 2.45) is 0 Å². The van der Waals surface area contributed by atoms with Gasteiger partial charge in [0.1, 0.15) is 36.4 Å². The maximum absolute atomic E-state index is 12.9. The van der Waals surface area contributed by atoms with Crippen LogP contribution in [0.1, 0.15) is 23.1 Å². The van der Waals surface area contributed by atoms with E-state index in [1.807, 2.05) is 13.0 Å². The van der Waals surface area contributed by atoms with Gasteiger partial charge in [-0.3, -0.25) is 9.59 Å². The summed E-state index contributed by atoms with van der Waals surface area (Å²) >= 11 is 0. The molecule has 0 saturated carbocycles. The Morgan fingerprint density at radius 1 is 1.14 bits per heavy atom. The summed E-state index contributed by atoms with van der Waals surface area (Å²) in [6.07, 6.45) is 0. The van der Waals surface area contributed by atoms with Crippen LogP contribution in [0.15, 0.2) is 52.5 Å². The second-order valence-corrected chi connectivity index (χ2v) is 7.42. The number of aliphatic hydroxyl groups is 1. The Bertz CT molecular complexity index is 928. The number of hydrogen-bond acceptors (Lipinski definition) is 5. The van der Waals surface area contributed by atoms with Crippen molar-refractivity contribution >= 4 is 17.4 Å². The molecular weight excluding hydrogens is 372 g/mol. The molecular formula is C22H25N2O5+. The third-order valence-electron chi connectivity index (χ3n) is 5.52. The van der Waals surface area contributed by atoms with Gasteiger partial charge in [0.2, 0.25) is 0 Å². The zero-order chi connectivity index (χ0) is 20.4. The Balaban J connectivity index is 1.70. The number of ketones is 1. The molecule has 1 aromatic heterocycles. The van der Waals surface area contributed by atoms with Crippen LogP contribution in [-0.4, -0.2) is 61.1 Å². The first-order valence-corrected chi connectivity index (χ1v) is 9.87. The topological polar surface area (TPSA) is 84.4 Å². The molecule has 2 aliphatic heterocycles. The largest absolute Gasteiger partial charge is 0.507 e. The van der Waals surface area contributed by atoms with Gasteiger partial charge in [0, 0.05) is 5.56 Å². The van der Waals surface area contributed by atoms with Gasteiger partial charge in [0.15, 0.2) is 0 Å². The normalized spacial score (nSPS) is 22.4. The smallest absolute Gasteiger partial charge is 0.295 e. The van der Waals surface area contributed by atoms with Crippen LogP contribution in [0.4, 0.5) is 0 Å². The van der Waals surface area contributed by atoms with Gasteiger partial charge in [-0.15, -0.1) is 0 Å². The SMILES string of the molecule is Cc1ccc([C@H]2C(=C(O)c3ccccc3)C(=O)C(=O)N2CC[NH+]2CCOCC2)o1. The average Bonchev–Trinajstić information content (AvgIpc) is 3.28. The molecule has 0 bridgehead atoms. The first-order valence-electron chi connectivity index (χ1n) is 9.87. The number of rotatable bonds is 5. The van der Waals surface area contributed by atoms with Gasteiger partial charge >= 0.3 is 0 Å². The number of likely N-dealkylation sites (tertiary alicyclic amines) is 1. The fourth-order valence-electron chi connectivity index (χ4n) is 3.95. The lowest BCUT2D eigenvalue weighted by atomic mass is 9.99. The van der Waals surface area contributed by atoms with Gasteiger partial charge in [-0.05, 0) is 19.1 Å². The van der Waals surface area contributed by atoms with Crippen molar-refractivity contribution in [3.63, 3.8) is 0 Å². The first-order chi connectivity index (χ1) is 14.1. The summed E-state index contributed by atoms with van der Waals surface area (Å²) in [5.74, 6) is -0.291. The number of nitrogens with one attached hydrogen (secondary N) is 1. The van der Waals surface area contributed by atoms with E-state index in [0.717, 1.165) is 13.1 Å². The minimum absolute atomic E-state index is 0.0764. The Morgan fingerprint density at radius 3 is 2.52 bits per heavy atom. The molecule has 0 unspecified atom stereocenters. The van der Waals surface area contributed by atoms with E-state index >= 15 is 0 Å². The van der Waals surface area contributed by atoms with Crippen molar-refractivity contribution in [3.05, 3.63) is 65.1 Å². The Hall–Kier alpha value is -2.90. The molecule has 2 aromatic rings. The van der Waals surface area contributed by atoms with Crippen molar-refractivity contribution in [1.29, 1.82) is 0 Å². The molecule has 0 spiro atoms. The van der Waals surface area contributed by atoms with Gasteiger partial charge in [0.05, 0.1) is 31.9 Å². The lowest BCUT2D eigenvalue weighted by Crippen LogP contribution is -3.14. The van der Waals surface area contributed by atoms with Crippen LogP contribution in [0.5, 0.6) is 0 Å². The van der Waals surface area contributed by atoms with Crippen LogP contribution in [0, 0.1) is 6.92 Å². The Labute approximate surface area is 169 Å². The molecule has 7 nitrogen and oxygen atoms in total. The van der Waals surface area contributed by atoms with Crippen molar-refractivity contribution < 1.29 is 28.7 Å². The van der Waals surface area contributed by atoms with Gasteiger partial charge < -0.3 is 24.1 Å². The molecule has 2 aliphatic rings. The summed E-state index contributed by atoms with van der Waals surface area (Å²) in [6.45, 7) is 6.06. The quantitative estimate of drug-likeness (QED) is 0.445. The van der Waals surface area contributed by atoms with E-state index in [-0.39, 0.29) is 11.3 Å². The van der Waals surface area contributed by atoms with Crippen LogP contribution in [-0.2, 0) is 14.3 Å². The van der Waals surface area contributed by atoms with Gasteiger partial charge in [-0.2, -0.15) is 0 Å². The number of nitrogens with zero attached hydrogens (tertiary/aromatic N) is 1. The van der Waals surface area contributed by atoms with E-state index < -0.39 is 17.7 Å². The molecule has 1 amide bonds. The number of aliphatic hydroxyl groups excluding tert-OH is 1. The molecule has 2 saturated heterocycles. The number of aryl methyl sites for hydroxylation is 1. The summed E-state index contributed by atoms with van der Waals surface area (Å²) in [7, 11) is 0. The van der Waals surface area contributed by atoms with Crippen molar-refractivity contribution in [1.82, 2.24) is 4.90 Å². The highest BCUT2D eigenvalue weighted by atomic mass is 16.5. The summed E-state index contributed by atoms with van der Waals surface area (Å²) in [5, 5.41) is 10.9. The van der Waals surface area contributed by atoms with Gasteiger partial charge in [0.25, 0.3) is 11.7 Å². The summed E-state index contributed by atoms with van der Waals surface area (Å²) in [6, 6.07) is 11.6. The molecule has 1 atom stereocenters. The van der Waals surface area contributed by atoms with E-state index in [1.54, 1.807) is 36.4 Å². The number of hydrogen-bond donors (Lipinski definition) is 2. The van der Waals surface area contributed by atoms with Crippen molar-refractivity contribution in [2.45, 2.75) is 13.0 Å². The zero-order valence-electron chi connectivity index (χ0n) is 16.4. The highest BCUT2D eigenvalue weighted by Crippen LogP contribution is 2.39. The second-order valence-electron chi connectivity index (χ2n) is 7.42. The lowest BCUT2D eigenvalue weighted by molar-refractivity contribution is -0.907. The highest BCUT2D eigenvalue weighted by molar-refractivity contribution is 6.46. The zero-order valence-corrected chi connectivity index (χ0v) is 16.4. The molecule has 0 radical (unpaired) electrons. The van der Waals surface area contributed by atoms with E-state index in [4.69, 9.17) is 9.15 Å². The van der Waals surface area contributed by atoms with Crippen molar-refractivity contribution in [2.75, 3.05) is 39.4 Å². The minimum Gasteiger partial charge on any atom is -0.507 e. The standard InChI is InChI=1S/C22H24N2O5/c1-15-7-8-17(29-15)19-18(20(25)16-5-3-2-4-6-16)21(26)22(27)24(19)10-9-23-11-13-28-14-12-23/h2-8,19,25H,9-14H2,1H3/p+1/t19-/m0/s1. The minimum atomic E-state index is -0.732. The number of furan rings is 1. The number of ether oxygens (including phenoxy) is 1. The van der Waals surface area contributed by atoms with E-state index in [0.29, 0.717) is 43.4 Å². The van der Waals surface area contributed by atoms with Gasteiger partial charge in [-0.25, -0.2) is 0 Å². The predicted molar refractivity (Wildman–Crippen MR) is 105 cm³/mol. The first kappa shape index (κ1) is 19.4. The van der Waals surface area contributed by atoms with Crippen LogP contribution >= 0.6 is 0 Å². The molecule has 7 heteroatoms. The lowest BCUT2D eigenvalue weighted by Gasteiger charge is -2.28. The number of amides is 1. The third-order valence-corrected chi connectivity index (χ3v) is 5.52. The highest BCUT2D eigenvalue weighted by Gasteiger charge is 2.47. The number of Topliss-reactive ketones (excluding diaryl/α,β-unsaturated/α-hetero) is 1. The third kappa shape index (κ3) is 3.83. The molecule has 2 N–H and O–H groups in total. The number of quaternary nitrogens is 1. The summed E-state index contributed by atoms with van der Waals surface area (Å²) < 4.78 is 11.2. The average molecular weight is 397 g/mol. The van der Waals surface area contributed by atoms with Crippen LogP contribution < -0.4 is 4.90 Å². The number of carbonyl (C=O) groups is 2. The summed E-state index contributed by atoms with van der Waals surface area (Å²) in [5.41, 5.74) is 0.574. The van der Waals surface area contributed by atoms with E-state index in [9.17, 15) is 14.7 Å². The predicted octanol–water partition coefficient (Wildman–Crippen LogP) is 0.925. The maximum atomic E-state index is 12.9. The number of benzene rings is 1. The maximum Gasteiger partial charge on any atom is 0.295 e. The van der Waals surface area contributed by atoms with E-state index in [1.165, 1.54) is 9.80 Å². The van der Waals surface area contributed by atoms with Crippen LogP contribution in [0.3, 0.4) is 0 Å². The fourth-order valence-corrected chi connectivity index (χ4v) is 3.95.